The van der Waals surface area contributed by atoms with Crippen molar-refractivity contribution in [3.8, 4) is 5.75 Å². The fraction of sp³-hybridized carbons (Fsp3) is 0.375. The van der Waals surface area contributed by atoms with Crippen molar-refractivity contribution < 1.29 is 9.15 Å². The molecule has 1 atom stereocenters. The smallest absolute Gasteiger partial charge is 0.119 e. The molecule has 1 aromatic carbocycles. The van der Waals surface area contributed by atoms with Crippen LogP contribution in [0.25, 0.3) is 0 Å². The molecule has 0 fully saturated rings. The van der Waals surface area contributed by atoms with Crippen LogP contribution in [0, 0.1) is 0 Å². The van der Waals surface area contributed by atoms with Gasteiger partial charge in [-0.3, -0.25) is 0 Å². The number of methoxy groups -OCH3 is 1. The molecule has 0 saturated heterocycles. The Bertz CT molecular complexity index is 479. The molecule has 19 heavy (non-hydrogen) atoms. The summed E-state index contributed by atoms with van der Waals surface area (Å²) in [5, 5.41) is 3.51. The van der Waals surface area contributed by atoms with Crippen molar-refractivity contribution in [3.05, 3.63) is 54.0 Å². The van der Waals surface area contributed by atoms with E-state index < -0.39 is 0 Å². The predicted octanol–water partition coefficient (Wildman–Crippen LogP) is 3.05. The summed E-state index contributed by atoms with van der Waals surface area (Å²) >= 11 is 0. The van der Waals surface area contributed by atoms with Crippen LogP contribution < -0.4 is 10.1 Å². The van der Waals surface area contributed by atoms with E-state index in [9.17, 15) is 0 Å². The molecule has 1 unspecified atom stereocenters. The first-order valence-electron chi connectivity index (χ1n) is 6.70. The Morgan fingerprint density at radius 2 is 2.11 bits per heavy atom. The quantitative estimate of drug-likeness (QED) is 0.830. The van der Waals surface area contributed by atoms with Gasteiger partial charge < -0.3 is 14.5 Å². The number of ether oxygens (including phenoxy) is 1. The molecule has 0 radical (unpaired) electrons. The molecule has 1 N–H and O–H groups in total. The SMILES string of the molecule is CCNC(Cc1cccc(OC)c1)Cc1ccco1. The molecule has 0 aliphatic rings. The molecule has 3 nitrogen and oxygen atoms in total. The maximum atomic E-state index is 5.43. The van der Waals surface area contributed by atoms with E-state index in [-0.39, 0.29) is 0 Å². The van der Waals surface area contributed by atoms with Gasteiger partial charge in [-0.2, -0.15) is 0 Å². The first-order chi connectivity index (χ1) is 9.31. The van der Waals surface area contributed by atoms with Gasteiger partial charge in [0.15, 0.2) is 0 Å². The first kappa shape index (κ1) is 13.7. The molecule has 2 rings (SSSR count). The molecule has 0 aliphatic carbocycles. The van der Waals surface area contributed by atoms with Crippen molar-refractivity contribution in [2.75, 3.05) is 13.7 Å². The normalized spacial score (nSPS) is 12.3. The lowest BCUT2D eigenvalue weighted by Gasteiger charge is -2.17. The Labute approximate surface area is 114 Å². The number of likely N-dealkylation sites (N-methyl/N-ethyl adjacent to an activating group) is 1. The maximum Gasteiger partial charge on any atom is 0.119 e. The number of hydrogen-bond acceptors (Lipinski definition) is 3. The van der Waals surface area contributed by atoms with Crippen LogP contribution in [-0.4, -0.2) is 19.7 Å². The number of furan rings is 1. The number of benzene rings is 1. The summed E-state index contributed by atoms with van der Waals surface area (Å²) < 4.78 is 10.7. The molecular weight excluding hydrogens is 238 g/mol. The molecule has 3 heteroatoms. The lowest BCUT2D eigenvalue weighted by Crippen LogP contribution is -2.32. The standard InChI is InChI=1S/C16H21NO2/c1-3-17-14(12-16-8-5-9-19-16)10-13-6-4-7-15(11-13)18-2/h4-9,11,14,17H,3,10,12H2,1-2H3. The van der Waals surface area contributed by atoms with Crippen LogP contribution >= 0.6 is 0 Å². The zero-order valence-electron chi connectivity index (χ0n) is 11.6. The molecule has 1 aromatic heterocycles. The van der Waals surface area contributed by atoms with Gasteiger partial charge in [0.2, 0.25) is 0 Å². The van der Waals surface area contributed by atoms with Gasteiger partial charge in [-0.1, -0.05) is 19.1 Å². The van der Waals surface area contributed by atoms with Gasteiger partial charge in [0.1, 0.15) is 11.5 Å². The third-order valence-electron chi connectivity index (χ3n) is 3.14. The Kier molecular flexibility index (Phi) is 5.04. The molecule has 0 spiro atoms. The predicted molar refractivity (Wildman–Crippen MR) is 76.6 cm³/mol. The third-order valence-corrected chi connectivity index (χ3v) is 3.14. The Morgan fingerprint density at radius 1 is 1.21 bits per heavy atom. The molecule has 1 heterocycles. The van der Waals surface area contributed by atoms with E-state index >= 15 is 0 Å². The molecule has 0 bridgehead atoms. The molecular formula is C16H21NO2. The van der Waals surface area contributed by atoms with E-state index in [4.69, 9.17) is 9.15 Å². The van der Waals surface area contributed by atoms with Crippen molar-refractivity contribution in [3.63, 3.8) is 0 Å². The fourth-order valence-electron chi connectivity index (χ4n) is 2.26. The largest absolute Gasteiger partial charge is 0.497 e. The van der Waals surface area contributed by atoms with Crippen LogP contribution in [-0.2, 0) is 12.8 Å². The highest BCUT2D eigenvalue weighted by Crippen LogP contribution is 2.15. The van der Waals surface area contributed by atoms with Crippen molar-refractivity contribution in [2.45, 2.75) is 25.8 Å². The monoisotopic (exact) mass is 259 g/mol. The topological polar surface area (TPSA) is 34.4 Å². The zero-order valence-corrected chi connectivity index (χ0v) is 11.6. The average molecular weight is 259 g/mol. The summed E-state index contributed by atoms with van der Waals surface area (Å²) in [7, 11) is 1.70. The highest BCUT2D eigenvalue weighted by molar-refractivity contribution is 5.29. The molecule has 0 saturated carbocycles. The maximum absolute atomic E-state index is 5.43. The highest BCUT2D eigenvalue weighted by Gasteiger charge is 2.11. The Hall–Kier alpha value is -1.74. The van der Waals surface area contributed by atoms with E-state index in [0.717, 1.165) is 30.9 Å². The minimum atomic E-state index is 0.378. The summed E-state index contributed by atoms with van der Waals surface area (Å²) in [4.78, 5) is 0. The van der Waals surface area contributed by atoms with Gasteiger partial charge in [-0.05, 0) is 42.8 Å². The minimum absolute atomic E-state index is 0.378. The van der Waals surface area contributed by atoms with Gasteiger partial charge in [0.25, 0.3) is 0 Å². The van der Waals surface area contributed by atoms with Crippen molar-refractivity contribution in [1.29, 1.82) is 0 Å². The lowest BCUT2D eigenvalue weighted by atomic mass is 10.0. The van der Waals surface area contributed by atoms with Crippen LogP contribution in [0.1, 0.15) is 18.2 Å². The average Bonchev–Trinajstić information content (AvgIpc) is 2.92. The van der Waals surface area contributed by atoms with E-state index in [1.54, 1.807) is 13.4 Å². The van der Waals surface area contributed by atoms with Crippen LogP contribution in [0.4, 0.5) is 0 Å². The van der Waals surface area contributed by atoms with Crippen LogP contribution in [0.5, 0.6) is 5.75 Å². The lowest BCUT2D eigenvalue weighted by molar-refractivity contribution is 0.413. The van der Waals surface area contributed by atoms with Gasteiger partial charge in [0.05, 0.1) is 13.4 Å². The second kappa shape index (κ2) is 7.00. The minimum Gasteiger partial charge on any atom is -0.497 e. The molecule has 0 aliphatic heterocycles. The van der Waals surface area contributed by atoms with Crippen molar-refractivity contribution in [1.82, 2.24) is 5.32 Å². The van der Waals surface area contributed by atoms with E-state index in [1.807, 2.05) is 24.3 Å². The Morgan fingerprint density at radius 3 is 2.79 bits per heavy atom. The summed E-state index contributed by atoms with van der Waals surface area (Å²) in [5.74, 6) is 1.93. The second-order valence-corrected chi connectivity index (χ2v) is 4.59. The van der Waals surface area contributed by atoms with E-state index in [2.05, 4.69) is 24.4 Å². The summed E-state index contributed by atoms with van der Waals surface area (Å²) in [5.41, 5.74) is 1.27. The second-order valence-electron chi connectivity index (χ2n) is 4.59. The van der Waals surface area contributed by atoms with E-state index in [1.165, 1.54) is 5.56 Å². The highest BCUT2D eigenvalue weighted by atomic mass is 16.5. The number of rotatable bonds is 7. The summed E-state index contributed by atoms with van der Waals surface area (Å²) in [6.45, 7) is 3.08. The summed E-state index contributed by atoms with van der Waals surface area (Å²) in [6, 6.07) is 12.6. The van der Waals surface area contributed by atoms with Crippen molar-refractivity contribution in [2.24, 2.45) is 0 Å². The van der Waals surface area contributed by atoms with Crippen LogP contribution in [0.3, 0.4) is 0 Å². The number of hydrogen-bond donors (Lipinski definition) is 1. The van der Waals surface area contributed by atoms with E-state index in [0.29, 0.717) is 6.04 Å². The molecule has 102 valence electrons. The Balaban J connectivity index is 2.02. The first-order valence-corrected chi connectivity index (χ1v) is 6.70. The zero-order chi connectivity index (χ0) is 13.5. The third kappa shape index (κ3) is 4.14. The summed E-state index contributed by atoms with van der Waals surface area (Å²) in [6.07, 6.45) is 3.59. The van der Waals surface area contributed by atoms with Gasteiger partial charge in [0, 0.05) is 12.5 Å². The van der Waals surface area contributed by atoms with Gasteiger partial charge in [-0.15, -0.1) is 0 Å². The van der Waals surface area contributed by atoms with Gasteiger partial charge in [-0.25, -0.2) is 0 Å². The number of nitrogens with one attached hydrogen (secondary N) is 1. The van der Waals surface area contributed by atoms with Crippen LogP contribution in [0.15, 0.2) is 47.1 Å². The van der Waals surface area contributed by atoms with Crippen molar-refractivity contribution >= 4 is 0 Å². The van der Waals surface area contributed by atoms with Gasteiger partial charge >= 0.3 is 0 Å². The molecule has 2 aromatic rings. The van der Waals surface area contributed by atoms with Crippen LogP contribution in [0.2, 0.25) is 0 Å². The fourth-order valence-corrected chi connectivity index (χ4v) is 2.26. The molecule has 0 amide bonds.